The molecular weight excluding hydrogens is 290 g/mol. The summed E-state index contributed by atoms with van der Waals surface area (Å²) in [4.78, 5) is 15.8. The van der Waals surface area contributed by atoms with Crippen molar-refractivity contribution in [2.45, 2.75) is 25.3 Å². The Kier molecular flexibility index (Phi) is 4.08. The molecule has 0 unspecified atom stereocenters. The van der Waals surface area contributed by atoms with Crippen molar-refractivity contribution in [1.29, 1.82) is 0 Å². The smallest absolute Gasteiger partial charge is 0.227 e. The summed E-state index contributed by atoms with van der Waals surface area (Å²) in [7, 11) is 0. The lowest BCUT2D eigenvalue weighted by Crippen LogP contribution is -2.31. The van der Waals surface area contributed by atoms with E-state index < -0.39 is 0 Å². The Morgan fingerprint density at radius 1 is 1.30 bits per heavy atom. The van der Waals surface area contributed by atoms with Gasteiger partial charge in [-0.05, 0) is 42.0 Å². The maximum absolute atomic E-state index is 12.5. The molecule has 1 aliphatic heterocycles. The summed E-state index contributed by atoms with van der Waals surface area (Å²) in [6.07, 6.45) is 2.63. The fourth-order valence-corrected chi connectivity index (χ4v) is 3.72. The molecule has 2 nitrogen and oxygen atoms in total. The van der Waals surface area contributed by atoms with E-state index in [2.05, 4.69) is 17.5 Å². The van der Waals surface area contributed by atoms with E-state index in [4.69, 9.17) is 11.6 Å². The predicted octanol–water partition coefficient (Wildman–Crippen LogP) is 4.31. The van der Waals surface area contributed by atoms with Gasteiger partial charge in [0, 0.05) is 16.4 Å². The van der Waals surface area contributed by atoms with Gasteiger partial charge >= 0.3 is 0 Å². The molecule has 20 heavy (non-hydrogen) atoms. The van der Waals surface area contributed by atoms with Crippen LogP contribution in [0.3, 0.4) is 0 Å². The van der Waals surface area contributed by atoms with E-state index in [1.165, 1.54) is 4.88 Å². The third-order valence-corrected chi connectivity index (χ3v) is 4.94. The quantitative estimate of drug-likeness (QED) is 0.827. The summed E-state index contributed by atoms with van der Waals surface area (Å²) in [6.45, 7) is 0.870. The van der Waals surface area contributed by atoms with Crippen molar-refractivity contribution in [1.82, 2.24) is 4.90 Å². The van der Waals surface area contributed by atoms with Crippen LogP contribution in [0.1, 0.15) is 29.3 Å². The molecule has 2 aromatic rings. The van der Waals surface area contributed by atoms with Crippen molar-refractivity contribution in [3.63, 3.8) is 0 Å². The lowest BCUT2D eigenvalue weighted by molar-refractivity contribution is -0.131. The average Bonchev–Trinajstić information content (AvgIpc) is 3.11. The van der Waals surface area contributed by atoms with Gasteiger partial charge in [-0.25, -0.2) is 0 Å². The summed E-state index contributed by atoms with van der Waals surface area (Å²) in [5.41, 5.74) is 1.02. The maximum atomic E-state index is 12.5. The van der Waals surface area contributed by atoms with Crippen molar-refractivity contribution in [2.75, 3.05) is 6.54 Å². The molecule has 2 heterocycles. The molecule has 0 radical (unpaired) electrons. The van der Waals surface area contributed by atoms with E-state index in [1.807, 2.05) is 29.2 Å². The minimum atomic E-state index is 0.211. The summed E-state index contributed by atoms with van der Waals surface area (Å²) in [6, 6.07) is 12.0. The van der Waals surface area contributed by atoms with Gasteiger partial charge in [-0.1, -0.05) is 29.8 Å². The molecule has 1 fully saturated rings. The van der Waals surface area contributed by atoms with E-state index in [0.29, 0.717) is 11.4 Å². The van der Waals surface area contributed by atoms with Gasteiger partial charge in [0.05, 0.1) is 12.5 Å². The first-order valence-electron chi connectivity index (χ1n) is 6.81. The summed E-state index contributed by atoms with van der Waals surface area (Å²) in [5, 5.41) is 2.79. The van der Waals surface area contributed by atoms with E-state index >= 15 is 0 Å². The summed E-state index contributed by atoms with van der Waals surface area (Å²) in [5.74, 6) is 0.211. The molecule has 0 aliphatic carbocycles. The Morgan fingerprint density at radius 3 is 2.80 bits per heavy atom. The molecule has 0 bridgehead atoms. The zero-order valence-electron chi connectivity index (χ0n) is 11.1. The Morgan fingerprint density at radius 2 is 2.10 bits per heavy atom. The van der Waals surface area contributed by atoms with Gasteiger partial charge in [-0.15, -0.1) is 11.3 Å². The molecule has 1 aliphatic rings. The second-order valence-corrected chi connectivity index (χ2v) is 6.48. The third kappa shape index (κ3) is 2.89. The minimum Gasteiger partial charge on any atom is -0.335 e. The SMILES string of the molecule is O=C(Cc1ccc(Cl)cc1)N1CCC[C@H]1c1cccs1. The molecule has 0 saturated carbocycles. The Labute approximate surface area is 128 Å². The van der Waals surface area contributed by atoms with Crippen LogP contribution < -0.4 is 0 Å². The first kappa shape index (κ1) is 13.7. The van der Waals surface area contributed by atoms with Gasteiger partial charge < -0.3 is 4.90 Å². The first-order chi connectivity index (χ1) is 9.74. The average molecular weight is 306 g/mol. The van der Waals surface area contributed by atoms with Gasteiger partial charge in [-0.2, -0.15) is 0 Å². The number of hydrogen-bond acceptors (Lipinski definition) is 2. The van der Waals surface area contributed by atoms with E-state index in [0.717, 1.165) is 24.9 Å². The molecule has 0 spiro atoms. The van der Waals surface area contributed by atoms with E-state index in [9.17, 15) is 4.79 Å². The number of likely N-dealkylation sites (tertiary alicyclic amines) is 1. The number of rotatable bonds is 3. The Balaban J connectivity index is 1.71. The van der Waals surface area contributed by atoms with Crippen molar-refractivity contribution >= 4 is 28.8 Å². The van der Waals surface area contributed by atoms with Crippen molar-refractivity contribution in [3.05, 3.63) is 57.2 Å². The number of amides is 1. The highest BCUT2D eigenvalue weighted by Gasteiger charge is 2.30. The predicted molar refractivity (Wildman–Crippen MR) is 83.2 cm³/mol. The normalized spacial score (nSPS) is 18.4. The van der Waals surface area contributed by atoms with Crippen molar-refractivity contribution < 1.29 is 4.79 Å². The van der Waals surface area contributed by atoms with Crippen LogP contribution >= 0.6 is 22.9 Å². The van der Waals surface area contributed by atoms with Gasteiger partial charge in [0.15, 0.2) is 0 Å². The molecule has 0 N–H and O–H groups in total. The number of hydrogen-bond donors (Lipinski definition) is 0. The van der Waals surface area contributed by atoms with Gasteiger partial charge in [0.25, 0.3) is 0 Å². The van der Waals surface area contributed by atoms with Crippen molar-refractivity contribution in [2.24, 2.45) is 0 Å². The van der Waals surface area contributed by atoms with Gasteiger partial charge in [0.2, 0.25) is 5.91 Å². The van der Waals surface area contributed by atoms with Crippen LogP contribution in [-0.4, -0.2) is 17.4 Å². The summed E-state index contributed by atoms with van der Waals surface area (Å²) < 4.78 is 0. The topological polar surface area (TPSA) is 20.3 Å². The Hall–Kier alpha value is -1.32. The number of carbonyl (C=O) groups excluding carboxylic acids is 1. The fraction of sp³-hybridized carbons (Fsp3) is 0.312. The van der Waals surface area contributed by atoms with Crippen LogP contribution in [-0.2, 0) is 11.2 Å². The number of thiophene rings is 1. The number of halogens is 1. The molecule has 1 aromatic carbocycles. The summed E-state index contributed by atoms with van der Waals surface area (Å²) >= 11 is 7.61. The standard InChI is InChI=1S/C16H16ClNOS/c17-13-7-5-12(6-8-13)11-16(19)18-9-1-3-14(18)15-4-2-10-20-15/h2,4-8,10,14H,1,3,9,11H2/t14-/m0/s1. The molecule has 104 valence electrons. The maximum Gasteiger partial charge on any atom is 0.227 e. The molecule has 1 amide bonds. The van der Waals surface area contributed by atoms with Gasteiger partial charge in [0.1, 0.15) is 0 Å². The highest BCUT2D eigenvalue weighted by molar-refractivity contribution is 7.10. The van der Waals surface area contributed by atoms with Crippen molar-refractivity contribution in [3.8, 4) is 0 Å². The molecule has 1 atom stereocenters. The lowest BCUT2D eigenvalue weighted by atomic mass is 10.1. The third-order valence-electron chi connectivity index (χ3n) is 3.71. The zero-order chi connectivity index (χ0) is 13.9. The van der Waals surface area contributed by atoms with Crippen LogP contribution in [0, 0.1) is 0 Å². The minimum absolute atomic E-state index is 0.211. The van der Waals surface area contributed by atoms with E-state index in [1.54, 1.807) is 11.3 Å². The monoisotopic (exact) mass is 305 g/mol. The molecular formula is C16H16ClNOS. The number of nitrogens with zero attached hydrogens (tertiary/aromatic N) is 1. The number of carbonyl (C=O) groups is 1. The first-order valence-corrected chi connectivity index (χ1v) is 8.07. The van der Waals surface area contributed by atoms with Crippen LogP contribution in [0.15, 0.2) is 41.8 Å². The second kappa shape index (κ2) is 5.98. The van der Waals surface area contributed by atoms with E-state index in [-0.39, 0.29) is 11.9 Å². The molecule has 1 saturated heterocycles. The van der Waals surface area contributed by atoms with Crippen LogP contribution in [0.2, 0.25) is 5.02 Å². The fourth-order valence-electron chi connectivity index (χ4n) is 2.72. The number of benzene rings is 1. The van der Waals surface area contributed by atoms with Gasteiger partial charge in [-0.3, -0.25) is 4.79 Å². The zero-order valence-corrected chi connectivity index (χ0v) is 12.7. The lowest BCUT2D eigenvalue weighted by Gasteiger charge is -2.24. The van der Waals surface area contributed by atoms with Crippen LogP contribution in [0.5, 0.6) is 0 Å². The highest BCUT2D eigenvalue weighted by Crippen LogP contribution is 2.34. The largest absolute Gasteiger partial charge is 0.335 e. The molecule has 1 aromatic heterocycles. The Bertz CT molecular complexity index is 579. The highest BCUT2D eigenvalue weighted by atomic mass is 35.5. The van der Waals surface area contributed by atoms with Crippen LogP contribution in [0.25, 0.3) is 0 Å². The second-order valence-electron chi connectivity index (χ2n) is 5.06. The molecule has 3 rings (SSSR count). The van der Waals surface area contributed by atoms with Crippen LogP contribution in [0.4, 0.5) is 0 Å². The molecule has 4 heteroatoms.